The minimum absolute atomic E-state index is 0.511. The van der Waals surface area contributed by atoms with Gasteiger partial charge in [0.05, 0.1) is 37.8 Å². The van der Waals surface area contributed by atoms with Crippen LogP contribution in [-0.4, -0.2) is 43.6 Å². The van der Waals surface area contributed by atoms with Crippen LogP contribution in [0.15, 0.2) is 405 Å². The lowest BCUT2D eigenvalue weighted by molar-refractivity contribution is 0.956. The van der Waals surface area contributed by atoms with Crippen molar-refractivity contribution in [3.63, 3.8) is 0 Å². The highest BCUT2D eigenvalue weighted by Crippen LogP contribution is 2.52. The number of benzene rings is 18. The third kappa shape index (κ3) is 12.1. The average molecular weight is 1670 g/mol. The van der Waals surface area contributed by atoms with E-state index in [9.17, 15) is 0 Å². The normalized spacial score (nSPS) is 11.9. The van der Waals surface area contributed by atoms with Crippen LogP contribution in [0.4, 0.5) is 0 Å². The molecule has 123 heavy (non-hydrogen) atoms. The van der Waals surface area contributed by atoms with Crippen molar-refractivity contribution in [2.75, 3.05) is 0 Å². The van der Waals surface area contributed by atoms with Crippen LogP contribution in [0.25, 0.3) is 224 Å². The quantitative estimate of drug-likeness (QED) is 0.143. The van der Waals surface area contributed by atoms with Crippen LogP contribution >= 0.6 is 38.6 Å². The third-order valence-corrected chi connectivity index (χ3v) is 27.0. The second-order valence-corrected chi connectivity index (χ2v) is 34.0. The summed E-state index contributed by atoms with van der Waals surface area (Å²) in [5.74, 6) is 3.08. The monoisotopic (exact) mass is 1670 g/mol. The Balaban J connectivity index is 0.000000116. The zero-order valence-electron chi connectivity index (χ0n) is 66.0. The van der Waals surface area contributed by atoms with Crippen LogP contribution in [0.5, 0.6) is 0 Å². The Morgan fingerprint density at radius 2 is 0.593 bits per heavy atom. The highest BCUT2D eigenvalue weighted by molar-refractivity contribution is 9.10. The summed E-state index contributed by atoms with van der Waals surface area (Å²) in [7, 11) is 0. The van der Waals surface area contributed by atoms with E-state index in [0.717, 1.165) is 89.5 Å². The Labute approximate surface area is 722 Å². The van der Waals surface area contributed by atoms with E-state index in [-0.39, 0.29) is 0 Å². The molecule has 26 rings (SSSR count). The van der Waals surface area contributed by atoms with Gasteiger partial charge in [0, 0.05) is 108 Å². The Morgan fingerprint density at radius 3 is 1.12 bits per heavy atom. The first-order valence-electron chi connectivity index (χ1n) is 41.3. The van der Waals surface area contributed by atoms with Gasteiger partial charge >= 0.3 is 0 Å². The fourth-order valence-electron chi connectivity index (χ4n) is 18.8. The van der Waals surface area contributed by atoms with Crippen LogP contribution in [0.3, 0.4) is 0 Å². The molecule has 0 fully saturated rings. The first kappa shape index (κ1) is 71.9. The van der Waals surface area contributed by atoms with Crippen LogP contribution in [0.1, 0.15) is 11.1 Å². The Hall–Kier alpha value is -15.2. The molecular weight excluding hydrogens is 1600 g/mol. The van der Waals surface area contributed by atoms with E-state index in [1.165, 1.54) is 122 Å². The second kappa shape index (κ2) is 29.7. The van der Waals surface area contributed by atoms with Gasteiger partial charge in [-0.1, -0.05) is 309 Å². The van der Waals surface area contributed by atoms with Gasteiger partial charge in [-0.15, -0.1) is 22.7 Å². The molecule has 0 saturated carbocycles. The molecular formula is C111H68BrN9S2. The average Bonchev–Trinajstić information content (AvgIpc) is 1.54. The van der Waals surface area contributed by atoms with Gasteiger partial charge in [-0.2, -0.15) is 9.97 Å². The van der Waals surface area contributed by atoms with Crippen LogP contribution < -0.4 is 0 Å². The molecule has 0 unspecified atom stereocenters. The lowest BCUT2D eigenvalue weighted by Gasteiger charge is -2.12. The molecule has 18 aromatic carbocycles. The van der Waals surface area contributed by atoms with E-state index in [2.05, 4.69) is 410 Å². The van der Waals surface area contributed by atoms with Crippen LogP contribution in [-0.2, 0) is 6.42 Å². The van der Waals surface area contributed by atoms with Crippen molar-refractivity contribution in [3.05, 3.63) is 416 Å². The molecule has 0 aliphatic heterocycles. The summed E-state index contributed by atoms with van der Waals surface area (Å²) in [5, 5.41) is 17.7. The first-order chi connectivity index (χ1) is 60.9. The van der Waals surface area contributed by atoms with E-state index in [1.807, 2.05) is 53.0 Å². The number of halogens is 1. The zero-order chi connectivity index (χ0) is 81.2. The molecule has 7 heterocycles. The van der Waals surface area contributed by atoms with Crippen LogP contribution in [0, 0.1) is 0 Å². The number of nitrogens with zero attached hydrogens (tertiary/aromatic N) is 9. The molecule has 9 nitrogen and oxygen atoms in total. The van der Waals surface area contributed by atoms with Crippen molar-refractivity contribution in [1.82, 2.24) is 43.6 Å². The lowest BCUT2D eigenvalue weighted by atomic mass is 9.94. The standard InChI is InChI=1S/C55H33N5S.C33H21BrN4.C23H14S/c1-3-15-34(16-4-1)35-27-29-36(30-28-35)53-56-54(37-31-32-47-44(33-37)39-19-9-12-24-45(39)59(47)38-17-5-2-6-18-38)58-55(57-53)60-46-25-13-10-22-42(46)49-40-20-7-8-21-41(40)50-43-23-11-14-26-48(43)61-52(50)51(49)60;34-33-36-31(24-17-15-23(16-18-24)22-9-3-1-4-10-22)35-32(37-33)25-19-20-30-28(21-25)27-13-7-8-14-29(27)38(30)26-11-5-2-6-12-26;1-2-8-15-14(7-1)13-19-21(15)16-9-3-4-10-17(16)22-18-11-5-6-12-20(18)24-23(19)22/h1-33H;1-21H;1-12H,13H2. The van der Waals surface area contributed by atoms with Gasteiger partial charge in [0.25, 0.3) is 0 Å². The van der Waals surface area contributed by atoms with Crippen molar-refractivity contribution in [2.45, 2.75) is 6.42 Å². The molecule has 7 aromatic heterocycles. The van der Waals surface area contributed by atoms with Crippen molar-refractivity contribution < 1.29 is 0 Å². The minimum atomic E-state index is 0.511. The molecule has 0 amide bonds. The summed E-state index contributed by atoms with van der Waals surface area (Å²) in [4.78, 5) is 30.3. The largest absolute Gasteiger partial charge is 0.309 e. The highest BCUT2D eigenvalue weighted by Gasteiger charge is 2.29. The van der Waals surface area contributed by atoms with E-state index >= 15 is 0 Å². The van der Waals surface area contributed by atoms with Gasteiger partial charge < -0.3 is 9.13 Å². The number of aromatic nitrogens is 9. The van der Waals surface area contributed by atoms with Crippen molar-refractivity contribution >= 4 is 166 Å². The summed E-state index contributed by atoms with van der Waals surface area (Å²) in [6.45, 7) is 0. The van der Waals surface area contributed by atoms with Crippen LogP contribution in [0.2, 0.25) is 0 Å². The second-order valence-electron chi connectivity index (χ2n) is 31.2. The number of hydrogen-bond acceptors (Lipinski definition) is 8. The van der Waals surface area contributed by atoms with E-state index in [0.29, 0.717) is 34.0 Å². The van der Waals surface area contributed by atoms with Gasteiger partial charge in [0.15, 0.2) is 23.3 Å². The number of fused-ring (bicyclic) bond motifs is 26. The molecule has 0 spiro atoms. The number of thiophene rings is 2. The molecule has 0 saturated heterocycles. The first-order valence-corrected chi connectivity index (χ1v) is 43.7. The molecule has 12 heteroatoms. The Morgan fingerprint density at radius 1 is 0.244 bits per heavy atom. The molecule has 0 bridgehead atoms. The smallest absolute Gasteiger partial charge is 0.238 e. The van der Waals surface area contributed by atoms with Crippen molar-refractivity contribution in [3.8, 4) is 96.3 Å². The fraction of sp³-hybridized carbons (Fsp3) is 0.00901. The maximum absolute atomic E-state index is 5.47. The van der Waals surface area contributed by atoms with Gasteiger partial charge in [-0.05, 0) is 173 Å². The Kier molecular flexibility index (Phi) is 17.3. The predicted molar refractivity (Wildman–Crippen MR) is 518 cm³/mol. The van der Waals surface area contributed by atoms with Gasteiger partial charge in [0.2, 0.25) is 10.7 Å². The minimum Gasteiger partial charge on any atom is -0.309 e. The molecule has 1 aliphatic carbocycles. The summed E-state index contributed by atoms with van der Waals surface area (Å²) in [5.41, 5.74) is 23.2. The van der Waals surface area contributed by atoms with Crippen molar-refractivity contribution in [1.29, 1.82) is 0 Å². The topological polar surface area (TPSA) is 92.1 Å². The van der Waals surface area contributed by atoms with Gasteiger partial charge in [-0.3, -0.25) is 4.57 Å². The van der Waals surface area contributed by atoms with E-state index < -0.39 is 0 Å². The molecule has 25 aromatic rings. The molecule has 1 aliphatic rings. The molecule has 0 atom stereocenters. The SMILES string of the molecule is Brc1nc(-c2ccc(-c3ccccc3)cc2)nc(-c2ccc3c(c2)c2ccccc2n3-c2ccccc2)n1.c1ccc(-c2ccc(-c3nc(-c4ccc5c(c4)c4ccccc4n5-c4ccccc4)nc(-n4c5ccccc5c5c6ccccc6c6c7ccccc7sc6c54)n3)cc2)cc1.c1ccc2c(c1)Cc1c-2c2ccccc2c2c1sc1ccccc12. The van der Waals surface area contributed by atoms with Crippen molar-refractivity contribution in [2.24, 2.45) is 0 Å². The molecule has 576 valence electrons. The summed E-state index contributed by atoms with van der Waals surface area (Å²) in [6.07, 6.45) is 1.06. The van der Waals surface area contributed by atoms with E-state index in [1.54, 1.807) is 0 Å². The third-order valence-electron chi connectivity index (χ3n) is 24.3. The summed E-state index contributed by atoms with van der Waals surface area (Å²) >= 11 is 7.31. The maximum Gasteiger partial charge on any atom is 0.238 e. The predicted octanol–water partition coefficient (Wildman–Crippen LogP) is 30.1. The number of para-hydroxylation sites is 5. The lowest BCUT2D eigenvalue weighted by Crippen LogP contribution is -2.06. The van der Waals surface area contributed by atoms with E-state index in [4.69, 9.17) is 19.9 Å². The fourth-order valence-corrected chi connectivity index (χ4v) is 21.7. The summed E-state index contributed by atoms with van der Waals surface area (Å²) < 4.78 is 12.8. The highest BCUT2D eigenvalue weighted by atomic mass is 79.9. The molecule has 0 N–H and O–H groups in total. The molecule has 0 radical (unpaired) electrons. The maximum atomic E-state index is 5.47. The Bertz CT molecular complexity index is 8530. The summed E-state index contributed by atoms with van der Waals surface area (Å²) in [6, 6.07) is 142. The van der Waals surface area contributed by atoms with Gasteiger partial charge in [0.1, 0.15) is 0 Å². The number of hydrogen-bond donors (Lipinski definition) is 0. The van der Waals surface area contributed by atoms with Gasteiger partial charge in [-0.25, -0.2) is 19.9 Å². The number of rotatable bonds is 9. The zero-order valence-corrected chi connectivity index (χ0v) is 69.3.